The Balaban J connectivity index is 2.03. The van der Waals surface area contributed by atoms with E-state index in [0.717, 1.165) is 30.0 Å². The summed E-state index contributed by atoms with van der Waals surface area (Å²) in [4.78, 5) is 32.8. The van der Waals surface area contributed by atoms with E-state index in [1.165, 1.54) is 6.92 Å². The fourth-order valence-electron chi connectivity index (χ4n) is 2.56. The number of thioether (sulfide) groups is 1. The summed E-state index contributed by atoms with van der Waals surface area (Å²) in [5.74, 6) is 1.96. The van der Waals surface area contributed by atoms with E-state index in [9.17, 15) is 9.59 Å². The normalized spacial score (nSPS) is 17.2. The van der Waals surface area contributed by atoms with Gasteiger partial charge in [-0.2, -0.15) is 11.8 Å². The van der Waals surface area contributed by atoms with Crippen LogP contribution in [0.4, 0.5) is 0 Å². The Kier molecular flexibility index (Phi) is 5.67. The van der Waals surface area contributed by atoms with Crippen molar-refractivity contribution in [2.24, 2.45) is 0 Å². The topological polar surface area (TPSA) is 78.1 Å². The Morgan fingerprint density at radius 3 is 2.81 bits per heavy atom. The molecule has 2 amide bonds. The number of carbonyl (C=O) groups excluding carboxylic acids is 2. The lowest BCUT2D eigenvalue weighted by molar-refractivity contribution is -0.136. The van der Waals surface area contributed by atoms with Gasteiger partial charge in [-0.1, -0.05) is 0 Å². The quantitative estimate of drug-likeness (QED) is 0.844. The molecular weight excluding hydrogens is 288 g/mol. The highest BCUT2D eigenvalue weighted by Crippen LogP contribution is 2.21. The van der Waals surface area contributed by atoms with Crippen LogP contribution in [-0.2, 0) is 16.0 Å². The van der Waals surface area contributed by atoms with E-state index in [-0.39, 0.29) is 17.9 Å². The zero-order valence-corrected chi connectivity index (χ0v) is 13.3. The van der Waals surface area contributed by atoms with Crippen molar-refractivity contribution < 1.29 is 9.59 Å². The summed E-state index contributed by atoms with van der Waals surface area (Å²) < 4.78 is 0. The van der Waals surface area contributed by atoms with Crippen molar-refractivity contribution in [2.75, 3.05) is 18.6 Å². The third-order valence-electron chi connectivity index (χ3n) is 3.74. The molecule has 1 fully saturated rings. The number of hydrogen-bond donors (Lipinski definition) is 2. The van der Waals surface area contributed by atoms with Gasteiger partial charge in [0.25, 0.3) is 0 Å². The molecule has 0 aliphatic carbocycles. The molecule has 116 valence electrons. The predicted molar refractivity (Wildman–Crippen MR) is 83.0 cm³/mol. The molecule has 0 radical (unpaired) electrons. The number of nitrogens with one attached hydrogen (secondary N) is 2. The van der Waals surface area contributed by atoms with Crippen molar-refractivity contribution in [2.45, 2.75) is 38.3 Å². The van der Waals surface area contributed by atoms with Gasteiger partial charge in [0.15, 0.2) is 0 Å². The van der Waals surface area contributed by atoms with Gasteiger partial charge in [0.05, 0.1) is 6.33 Å². The summed E-state index contributed by atoms with van der Waals surface area (Å²) in [5, 5.41) is 2.75. The minimum absolute atomic E-state index is 0.0308. The molecule has 1 aliphatic rings. The van der Waals surface area contributed by atoms with Crippen LogP contribution in [-0.4, -0.2) is 57.3 Å². The molecule has 7 heteroatoms. The van der Waals surface area contributed by atoms with Crippen molar-refractivity contribution in [3.63, 3.8) is 0 Å². The molecule has 1 saturated heterocycles. The number of nitrogens with zero attached hydrogens (tertiary/aromatic N) is 2. The van der Waals surface area contributed by atoms with E-state index >= 15 is 0 Å². The largest absolute Gasteiger partial charge is 0.348 e. The van der Waals surface area contributed by atoms with Gasteiger partial charge in [-0.3, -0.25) is 9.59 Å². The lowest BCUT2D eigenvalue weighted by Gasteiger charge is -2.33. The zero-order valence-electron chi connectivity index (χ0n) is 12.5. The number of rotatable bonds is 5. The highest BCUT2D eigenvalue weighted by atomic mass is 32.2. The van der Waals surface area contributed by atoms with Gasteiger partial charge in [0.1, 0.15) is 6.04 Å². The highest BCUT2D eigenvalue weighted by molar-refractivity contribution is 7.99. The second-order valence-corrected chi connectivity index (χ2v) is 6.55. The molecule has 1 aromatic heterocycles. The molecule has 0 saturated carbocycles. The van der Waals surface area contributed by atoms with Gasteiger partial charge in [-0.05, 0) is 24.3 Å². The Labute approximate surface area is 129 Å². The Bertz CT molecular complexity index is 471. The van der Waals surface area contributed by atoms with E-state index in [4.69, 9.17) is 0 Å². The second kappa shape index (κ2) is 7.49. The summed E-state index contributed by atoms with van der Waals surface area (Å²) in [7, 11) is 1.84. The van der Waals surface area contributed by atoms with Gasteiger partial charge in [0.2, 0.25) is 11.8 Å². The van der Waals surface area contributed by atoms with Crippen LogP contribution >= 0.6 is 11.8 Å². The van der Waals surface area contributed by atoms with Crippen LogP contribution < -0.4 is 5.32 Å². The van der Waals surface area contributed by atoms with E-state index in [1.54, 1.807) is 17.4 Å². The standard InChI is InChI=1S/C14H22N4O2S/c1-10(19)17-13(7-11-8-15-9-16-11)14(20)18(2)12-3-5-21-6-4-12/h8-9,12-13H,3-7H2,1-2H3,(H,15,16)(H,17,19)/t13-/m0/s1. The molecule has 0 spiro atoms. The first-order valence-corrected chi connectivity index (χ1v) is 8.32. The van der Waals surface area contributed by atoms with E-state index in [1.807, 2.05) is 18.8 Å². The Morgan fingerprint density at radius 2 is 2.24 bits per heavy atom. The monoisotopic (exact) mass is 310 g/mol. The van der Waals surface area contributed by atoms with Crippen molar-refractivity contribution >= 4 is 23.6 Å². The molecule has 0 unspecified atom stereocenters. The van der Waals surface area contributed by atoms with Gasteiger partial charge in [-0.25, -0.2) is 4.98 Å². The molecule has 2 heterocycles. The van der Waals surface area contributed by atoms with Crippen LogP contribution in [0, 0.1) is 0 Å². The molecular formula is C14H22N4O2S. The molecule has 6 nitrogen and oxygen atoms in total. The SMILES string of the molecule is CC(=O)N[C@@H](Cc1cnc[nH]1)C(=O)N(C)C1CCSCC1. The third kappa shape index (κ3) is 4.49. The molecule has 21 heavy (non-hydrogen) atoms. The van der Waals surface area contributed by atoms with Crippen molar-refractivity contribution in [1.29, 1.82) is 0 Å². The summed E-state index contributed by atoms with van der Waals surface area (Å²) in [6, 6.07) is -0.265. The molecule has 1 aliphatic heterocycles. The van der Waals surface area contributed by atoms with E-state index < -0.39 is 6.04 Å². The van der Waals surface area contributed by atoms with Crippen LogP contribution in [0.3, 0.4) is 0 Å². The average Bonchev–Trinajstić information content (AvgIpc) is 2.98. The van der Waals surface area contributed by atoms with Crippen molar-refractivity contribution in [3.05, 3.63) is 18.2 Å². The Hall–Kier alpha value is -1.50. The van der Waals surface area contributed by atoms with E-state index in [0.29, 0.717) is 6.42 Å². The van der Waals surface area contributed by atoms with Crippen LogP contribution in [0.25, 0.3) is 0 Å². The summed E-state index contributed by atoms with van der Waals surface area (Å²) in [6.07, 6.45) is 5.73. The molecule has 2 N–H and O–H groups in total. The lowest BCUT2D eigenvalue weighted by atomic mass is 10.1. The number of carbonyl (C=O) groups is 2. The first kappa shape index (κ1) is 15.9. The number of imidazole rings is 1. The predicted octanol–water partition coefficient (Wildman–Crippen LogP) is 0.811. The minimum atomic E-state index is -0.539. The fourth-order valence-corrected chi connectivity index (χ4v) is 3.64. The first-order chi connectivity index (χ1) is 10.1. The first-order valence-electron chi connectivity index (χ1n) is 7.16. The van der Waals surface area contributed by atoms with Crippen LogP contribution in [0.15, 0.2) is 12.5 Å². The maximum Gasteiger partial charge on any atom is 0.245 e. The van der Waals surface area contributed by atoms with E-state index in [2.05, 4.69) is 15.3 Å². The summed E-state index contributed by atoms with van der Waals surface area (Å²) in [5.41, 5.74) is 0.842. The van der Waals surface area contributed by atoms with Gasteiger partial charge in [-0.15, -0.1) is 0 Å². The number of hydrogen-bond acceptors (Lipinski definition) is 4. The minimum Gasteiger partial charge on any atom is -0.348 e. The number of amides is 2. The molecule has 1 atom stereocenters. The lowest BCUT2D eigenvalue weighted by Crippen LogP contribution is -2.51. The zero-order chi connectivity index (χ0) is 15.2. The number of aromatic amines is 1. The number of aromatic nitrogens is 2. The summed E-state index contributed by atoms with van der Waals surface area (Å²) in [6.45, 7) is 1.44. The maximum absolute atomic E-state index is 12.7. The average molecular weight is 310 g/mol. The number of H-pyrrole nitrogens is 1. The molecule has 1 aromatic rings. The fraction of sp³-hybridized carbons (Fsp3) is 0.643. The Morgan fingerprint density at radius 1 is 1.52 bits per heavy atom. The van der Waals surface area contributed by atoms with Crippen molar-refractivity contribution in [3.8, 4) is 0 Å². The molecule has 2 rings (SSSR count). The molecule has 0 aromatic carbocycles. The second-order valence-electron chi connectivity index (χ2n) is 5.33. The molecule has 0 bridgehead atoms. The maximum atomic E-state index is 12.7. The van der Waals surface area contributed by atoms with Crippen LogP contribution in [0.5, 0.6) is 0 Å². The smallest absolute Gasteiger partial charge is 0.245 e. The van der Waals surface area contributed by atoms with Crippen LogP contribution in [0.2, 0.25) is 0 Å². The van der Waals surface area contributed by atoms with Gasteiger partial charge >= 0.3 is 0 Å². The van der Waals surface area contributed by atoms with Gasteiger partial charge < -0.3 is 15.2 Å². The van der Waals surface area contributed by atoms with Crippen molar-refractivity contribution in [1.82, 2.24) is 20.2 Å². The number of likely N-dealkylation sites (N-methyl/N-ethyl adjacent to an activating group) is 1. The third-order valence-corrected chi connectivity index (χ3v) is 4.79. The van der Waals surface area contributed by atoms with Crippen LogP contribution in [0.1, 0.15) is 25.5 Å². The van der Waals surface area contributed by atoms with Gasteiger partial charge in [0, 0.05) is 38.3 Å². The summed E-state index contributed by atoms with van der Waals surface area (Å²) >= 11 is 1.93. The highest BCUT2D eigenvalue weighted by Gasteiger charge is 2.29.